The number of hydrogen-bond donors (Lipinski definition) is 0. The van der Waals surface area contributed by atoms with Crippen molar-refractivity contribution in [2.24, 2.45) is 0 Å². The number of sulfonamides is 1. The van der Waals surface area contributed by atoms with E-state index in [4.69, 9.17) is 4.74 Å². The van der Waals surface area contributed by atoms with E-state index in [2.05, 4.69) is 4.98 Å². The minimum atomic E-state index is -3.35. The Morgan fingerprint density at radius 1 is 1.29 bits per heavy atom. The predicted molar refractivity (Wildman–Crippen MR) is 81.9 cm³/mol. The van der Waals surface area contributed by atoms with Gasteiger partial charge in [0.15, 0.2) is 0 Å². The van der Waals surface area contributed by atoms with E-state index in [1.807, 2.05) is 0 Å². The summed E-state index contributed by atoms with van der Waals surface area (Å²) in [4.78, 5) is 4.58. The zero-order chi connectivity index (χ0) is 14.7. The summed E-state index contributed by atoms with van der Waals surface area (Å²) in [5.74, 6) is 0.880. The summed E-state index contributed by atoms with van der Waals surface area (Å²) in [6, 6.07) is 3.46. The van der Waals surface area contributed by atoms with Gasteiger partial charge in [-0.2, -0.15) is 4.31 Å². The molecule has 0 amide bonds. The van der Waals surface area contributed by atoms with Gasteiger partial charge < -0.3 is 4.74 Å². The van der Waals surface area contributed by atoms with Crippen molar-refractivity contribution in [1.82, 2.24) is 9.29 Å². The molecule has 0 bridgehead atoms. The van der Waals surface area contributed by atoms with Crippen molar-refractivity contribution in [2.75, 3.05) is 25.4 Å². The van der Waals surface area contributed by atoms with Crippen molar-refractivity contribution in [1.29, 1.82) is 0 Å². The molecule has 0 spiro atoms. The van der Waals surface area contributed by atoms with Gasteiger partial charge in [-0.05, 0) is 37.8 Å². The Hall–Kier alpha value is -0.630. The van der Waals surface area contributed by atoms with E-state index in [0.29, 0.717) is 24.1 Å². The molecule has 5 nitrogen and oxygen atoms in total. The van der Waals surface area contributed by atoms with E-state index < -0.39 is 10.0 Å². The van der Waals surface area contributed by atoms with Crippen LogP contribution in [-0.2, 0) is 14.8 Å². The molecule has 1 aromatic heterocycles. The molecule has 0 saturated carbocycles. The zero-order valence-corrected chi connectivity index (χ0v) is 13.5. The third-order valence-electron chi connectivity index (χ3n) is 3.85. The molecule has 3 heterocycles. The van der Waals surface area contributed by atoms with Crippen molar-refractivity contribution in [3.8, 4) is 0 Å². The maximum absolute atomic E-state index is 12.4. The normalized spacial score (nSPS) is 23.7. The van der Waals surface area contributed by atoms with E-state index in [-0.39, 0.29) is 0 Å². The largest absolute Gasteiger partial charge is 0.377 e. The lowest BCUT2D eigenvalue weighted by Crippen LogP contribution is -2.27. The SMILES string of the molecule is O=S(=O)(c1ccc(SCC2CCCO2)nc1)N1CCCC1. The van der Waals surface area contributed by atoms with Crippen LogP contribution in [0.25, 0.3) is 0 Å². The molecule has 1 unspecified atom stereocenters. The molecule has 0 aliphatic carbocycles. The van der Waals surface area contributed by atoms with Crippen LogP contribution in [-0.4, -0.2) is 49.3 Å². The van der Waals surface area contributed by atoms with Crippen LogP contribution >= 0.6 is 11.8 Å². The van der Waals surface area contributed by atoms with Crippen LogP contribution in [0.1, 0.15) is 25.7 Å². The summed E-state index contributed by atoms with van der Waals surface area (Å²) in [5.41, 5.74) is 0. The lowest BCUT2D eigenvalue weighted by atomic mass is 10.3. The van der Waals surface area contributed by atoms with Gasteiger partial charge in [0.1, 0.15) is 4.90 Å². The number of rotatable bonds is 5. The second-order valence-electron chi connectivity index (χ2n) is 5.39. The lowest BCUT2D eigenvalue weighted by Gasteiger charge is -2.15. The highest BCUT2D eigenvalue weighted by atomic mass is 32.2. The maximum Gasteiger partial charge on any atom is 0.244 e. The lowest BCUT2D eigenvalue weighted by molar-refractivity contribution is 0.129. The van der Waals surface area contributed by atoms with E-state index in [9.17, 15) is 8.42 Å². The smallest absolute Gasteiger partial charge is 0.244 e. The van der Waals surface area contributed by atoms with Crippen LogP contribution < -0.4 is 0 Å². The quantitative estimate of drug-likeness (QED) is 0.775. The number of pyridine rings is 1. The van der Waals surface area contributed by atoms with Crippen LogP contribution in [0.3, 0.4) is 0 Å². The van der Waals surface area contributed by atoms with Crippen molar-refractivity contribution < 1.29 is 13.2 Å². The van der Waals surface area contributed by atoms with Gasteiger partial charge in [-0.15, -0.1) is 11.8 Å². The highest BCUT2D eigenvalue weighted by Crippen LogP contribution is 2.25. The van der Waals surface area contributed by atoms with Gasteiger partial charge in [-0.1, -0.05) is 0 Å². The first-order valence-corrected chi connectivity index (χ1v) is 9.79. The molecule has 0 aromatic carbocycles. The number of nitrogens with zero attached hydrogens (tertiary/aromatic N) is 2. The van der Waals surface area contributed by atoms with Crippen molar-refractivity contribution in [3.05, 3.63) is 18.3 Å². The van der Waals surface area contributed by atoms with Gasteiger partial charge in [0.25, 0.3) is 0 Å². The van der Waals surface area contributed by atoms with Crippen LogP contribution in [0, 0.1) is 0 Å². The Bertz CT molecular complexity index is 562. The molecule has 7 heteroatoms. The highest BCUT2D eigenvalue weighted by Gasteiger charge is 2.27. The van der Waals surface area contributed by atoms with Gasteiger partial charge in [-0.25, -0.2) is 13.4 Å². The van der Waals surface area contributed by atoms with E-state index in [1.54, 1.807) is 28.2 Å². The monoisotopic (exact) mass is 328 g/mol. The maximum atomic E-state index is 12.4. The first kappa shape index (κ1) is 15.3. The van der Waals surface area contributed by atoms with Crippen molar-refractivity contribution in [2.45, 2.75) is 41.7 Å². The van der Waals surface area contributed by atoms with Gasteiger partial charge in [0, 0.05) is 31.6 Å². The molecule has 2 saturated heterocycles. The van der Waals surface area contributed by atoms with E-state index in [1.165, 1.54) is 6.20 Å². The minimum absolute atomic E-state index is 0.297. The zero-order valence-electron chi connectivity index (χ0n) is 11.9. The van der Waals surface area contributed by atoms with Crippen LogP contribution in [0.2, 0.25) is 0 Å². The highest BCUT2D eigenvalue weighted by molar-refractivity contribution is 7.99. The third kappa shape index (κ3) is 3.59. The molecule has 1 aromatic rings. The van der Waals surface area contributed by atoms with Gasteiger partial charge in [-0.3, -0.25) is 0 Å². The molecular formula is C14H20N2O3S2. The van der Waals surface area contributed by atoms with Crippen LogP contribution in [0.15, 0.2) is 28.3 Å². The number of thioether (sulfide) groups is 1. The molecule has 2 aliphatic heterocycles. The topological polar surface area (TPSA) is 59.5 Å². The summed E-state index contributed by atoms with van der Waals surface area (Å²) >= 11 is 1.62. The van der Waals surface area contributed by atoms with E-state index in [0.717, 1.165) is 43.1 Å². The number of hydrogen-bond acceptors (Lipinski definition) is 5. The molecule has 2 fully saturated rings. The fourth-order valence-corrected chi connectivity index (χ4v) is 5.01. The number of ether oxygens (including phenoxy) is 1. The first-order valence-electron chi connectivity index (χ1n) is 7.37. The van der Waals surface area contributed by atoms with Crippen LogP contribution in [0.4, 0.5) is 0 Å². The molecule has 0 N–H and O–H groups in total. The van der Waals surface area contributed by atoms with Gasteiger partial charge in [0.05, 0.1) is 11.1 Å². The molecule has 1 atom stereocenters. The molecule has 2 aliphatic rings. The fraction of sp³-hybridized carbons (Fsp3) is 0.643. The Morgan fingerprint density at radius 3 is 2.71 bits per heavy atom. The molecule has 3 rings (SSSR count). The van der Waals surface area contributed by atoms with Crippen molar-refractivity contribution in [3.63, 3.8) is 0 Å². The molecule has 0 radical (unpaired) electrons. The number of aromatic nitrogens is 1. The summed E-state index contributed by atoms with van der Waals surface area (Å²) in [5, 5.41) is 0.853. The Balaban J connectivity index is 1.63. The minimum Gasteiger partial charge on any atom is -0.377 e. The summed E-state index contributed by atoms with van der Waals surface area (Å²) in [7, 11) is -3.35. The second-order valence-corrected chi connectivity index (χ2v) is 8.37. The third-order valence-corrected chi connectivity index (χ3v) is 6.81. The molecular weight excluding hydrogens is 308 g/mol. The van der Waals surface area contributed by atoms with Gasteiger partial charge >= 0.3 is 0 Å². The predicted octanol–water partition coefficient (Wildman–Crippen LogP) is 2.14. The molecule has 21 heavy (non-hydrogen) atoms. The van der Waals surface area contributed by atoms with Gasteiger partial charge in [0.2, 0.25) is 10.0 Å². The van der Waals surface area contributed by atoms with Crippen molar-refractivity contribution >= 4 is 21.8 Å². The van der Waals surface area contributed by atoms with Crippen LogP contribution in [0.5, 0.6) is 0 Å². The standard InChI is InChI=1S/C14H20N2O3S2/c17-21(18,16-7-1-2-8-16)13-5-6-14(15-10-13)20-11-12-4-3-9-19-12/h5-6,10,12H,1-4,7-9,11H2. The second kappa shape index (κ2) is 6.64. The summed E-state index contributed by atoms with van der Waals surface area (Å²) < 4.78 is 31.9. The summed E-state index contributed by atoms with van der Waals surface area (Å²) in [6.45, 7) is 2.10. The first-order chi connectivity index (χ1) is 10.2. The summed E-state index contributed by atoms with van der Waals surface area (Å²) in [6.07, 6.45) is 5.92. The Labute approximate surface area is 130 Å². The average Bonchev–Trinajstić information content (AvgIpc) is 3.19. The Kier molecular flexibility index (Phi) is 4.83. The average molecular weight is 328 g/mol. The van der Waals surface area contributed by atoms with E-state index >= 15 is 0 Å². The molecule has 116 valence electrons. The Morgan fingerprint density at radius 2 is 2.10 bits per heavy atom. The fourth-order valence-electron chi connectivity index (χ4n) is 2.64.